The lowest BCUT2D eigenvalue weighted by molar-refractivity contribution is 0.307. The van der Waals surface area contributed by atoms with Crippen LogP contribution in [0.2, 0.25) is 0 Å². The van der Waals surface area contributed by atoms with Crippen LogP contribution < -0.4 is 10.1 Å². The molecule has 1 heterocycles. The number of hydrogen-bond acceptors (Lipinski definition) is 4. The van der Waals surface area contributed by atoms with Gasteiger partial charge >= 0.3 is 0 Å². The summed E-state index contributed by atoms with van der Waals surface area (Å²) in [6.07, 6.45) is 4.76. The molecule has 0 aliphatic rings. The molecule has 0 saturated carbocycles. The number of benzene rings is 2. The number of pyridine rings is 1. The van der Waals surface area contributed by atoms with Crippen molar-refractivity contribution in [2.45, 2.75) is 17.9 Å². The van der Waals surface area contributed by atoms with E-state index < -0.39 is 0 Å². The normalized spacial score (nSPS) is 10.6. The summed E-state index contributed by atoms with van der Waals surface area (Å²) in [7, 11) is 0. The fraction of sp³-hybridized carbons (Fsp3) is 0.190. The summed E-state index contributed by atoms with van der Waals surface area (Å²) in [4.78, 5) is 5.27. The van der Waals surface area contributed by atoms with Crippen molar-refractivity contribution in [3.8, 4) is 16.9 Å². The Bertz CT molecular complexity index is 793. The summed E-state index contributed by atoms with van der Waals surface area (Å²) in [6.45, 7) is 2.39. The summed E-state index contributed by atoms with van der Waals surface area (Å²) in [6, 6.07) is 20.3. The van der Waals surface area contributed by atoms with Crippen LogP contribution in [0.1, 0.15) is 12.0 Å². The predicted molar refractivity (Wildman–Crippen MR) is 105 cm³/mol. The summed E-state index contributed by atoms with van der Waals surface area (Å²) in [5.41, 5.74) is 3.52. The van der Waals surface area contributed by atoms with Gasteiger partial charge in [0.2, 0.25) is 0 Å². The molecule has 0 fully saturated rings. The van der Waals surface area contributed by atoms with Gasteiger partial charge in [0.25, 0.3) is 0 Å². The van der Waals surface area contributed by atoms with E-state index in [0.717, 1.165) is 35.7 Å². The van der Waals surface area contributed by atoms with E-state index in [4.69, 9.17) is 4.74 Å². The number of thiol groups is 1. The first-order valence-electron chi connectivity index (χ1n) is 8.43. The monoisotopic (exact) mass is 350 g/mol. The highest BCUT2D eigenvalue weighted by Gasteiger charge is 2.00. The molecule has 1 N–H and O–H groups in total. The average molecular weight is 350 g/mol. The quantitative estimate of drug-likeness (QED) is 0.460. The summed E-state index contributed by atoms with van der Waals surface area (Å²) >= 11 is 4.31. The van der Waals surface area contributed by atoms with Gasteiger partial charge in [0.05, 0.1) is 6.61 Å². The molecule has 0 aliphatic carbocycles. The molecule has 0 amide bonds. The Kier molecular flexibility index (Phi) is 6.48. The first-order valence-corrected chi connectivity index (χ1v) is 8.88. The maximum absolute atomic E-state index is 5.71. The molecule has 0 spiro atoms. The largest absolute Gasteiger partial charge is 0.494 e. The topological polar surface area (TPSA) is 34.1 Å². The molecule has 0 radical (unpaired) electrons. The van der Waals surface area contributed by atoms with Gasteiger partial charge in [-0.2, -0.15) is 0 Å². The van der Waals surface area contributed by atoms with E-state index in [1.54, 1.807) is 0 Å². The third-order valence-corrected chi connectivity index (χ3v) is 4.09. The van der Waals surface area contributed by atoms with Gasteiger partial charge in [0.15, 0.2) is 0 Å². The number of ether oxygens (including phenoxy) is 1. The lowest BCUT2D eigenvalue weighted by Gasteiger charge is -2.08. The lowest BCUT2D eigenvalue weighted by atomic mass is 10.1. The summed E-state index contributed by atoms with van der Waals surface area (Å²) in [5, 5.41) is 3.44. The number of rotatable bonds is 8. The minimum atomic E-state index is 0.687. The molecule has 4 heteroatoms. The third-order valence-electron chi connectivity index (χ3n) is 3.82. The molecule has 0 saturated heterocycles. The van der Waals surface area contributed by atoms with E-state index in [1.165, 1.54) is 11.1 Å². The zero-order chi connectivity index (χ0) is 17.3. The van der Waals surface area contributed by atoms with Crippen LogP contribution in [0.5, 0.6) is 5.75 Å². The van der Waals surface area contributed by atoms with Gasteiger partial charge in [-0.3, -0.25) is 4.98 Å². The van der Waals surface area contributed by atoms with Crippen LogP contribution in [0.4, 0.5) is 0 Å². The zero-order valence-electron chi connectivity index (χ0n) is 14.1. The SMILES string of the molecule is Sc1cccc(OCCCNCc2cncc(-c3ccccc3)c2)c1. The number of hydrogen-bond donors (Lipinski definition) is 2. The van der Waals surface area contributed by atoms with Crippen LogP contribution in [0.3, 0.4) is 0 Å². The van der Waals surface area contributed by atoms with E-state index in [-0.39, 0.29) is 0 Å². The fourth-order valence-corrected chi connectivity index (χ4v) is 2.78. The van der Waals surface area contributed by atoms with Gasteiger partial charge in [0.1, 0.15) is 5.75 Å². The minimum absolute atomic E-state index is 0.687. The molecule has 3 rings (SSSR count). The standard InChI is InChI=1S/C21H22N2OS/c25-21-9-4-8-20(13-21)24-11-5-10-22-14-17-12-19(16-23-15-17)18-6-2-1-3-7-18/h1-4,6-9,12-13,15-16,22,25H,5,10-11,14H2. The Morgan fingerprint density at radius 3 is 2.64 bits per heavy atom. The molecular weight excluding hydrogens is 328 g/mol. The van der Waals surface area contributed by atoms with E-state index in [0.29, 0.717) is 6.61 Å². The third kappa shape index (κ3) is 5.62. The van der Waals surface area contributed by atoms with Gasteiger partial charge in [-0.25, -0.2) is 0 Å². The fourth-order valence-electron chi connectivity index (χ4n) is 2.57. The van der Waals surface area contributed by atoms with Crippen LogP contribution in [0, 0.1) is 0 Å². The second-order valence-corrected chi connectivity index (χ2v) is 6.34. The van der Waals surface area contributed by atoms with Crippen LogP contribution >= 0.6 is 12.6 Å². The molecule has 0 unspecified atom stereocenters. The molecule has 25 heavy (non-hydrogen) atoms. The van der Waals surface area contributed by atoms with Crippen molar-refractivity contribution in [3.05, 3.63) is 78.6 Å². The Balaban J connectivity index is 1.41. The van der Waals surface area contributed by atoms with Crippen molar-refractivity contribution in [2.24, 2.45) is 0 Å². The van der Waals surface area contributed by atoms with Gasteiger partial charge in [-0.05, 0) is 48.4 Å². The molecule has 0 aliphatic heterocycles. The van der Waals surface area contributed by atoms with E-state index in [9.17, 15) is 0 Å². The number of nitrogens with zero attached hydrogens (tertiary/aromatic N) is 1. The van der Waals surface area contributed by atoms with Crippen molar-refractivity contribution in [1.82, 2.24) is 10.3 Å². The first kappa shape index (κ1) is 17.5. The Hall–Kier alpha value is -2.30. The van der Waals surface area contributed by atoms with Crippen molar-refractivity contribution in [1.29, 1.82) is 0 Å². The number of nitrogens with one attached hydrogen (secondary N) is 1. The van der Waals surface area contributed by atoms with Crippen LogP contribution in [0.15, 0.2) is 78.0 Å². The summed E-state index contributed by atoms with van der Waals surface area (Å²) < 4.78 is 5.71. The highest BCUT2D eigenvalue weighted by molar-refractivity contribution is 7.80. The van der Waals surface area contributed by atoms with Gasteiger partial charge in [-0.1, -0.05) is 36.4 Å². The van der Waals surface area contributed by atoms with Crippen LogP contribution in [0.25, 0.3) is 11.1 Å². The lowest BCUT2D eigenvalue weighted by Crippen LogP contribution is -2.17. The Morgan fingerprint density at radius 1 is 0.920 bits per heavy atom. The molecular formula is C21H22N2OS. The van der Waals surface area contributed by atoms with E-state index in [1.807, 2.05) is 54.9 Å². The van der Waals surface area contributed by atoms with Gasteiger partial charge in [-0.15, -0.1) is 12.6 Å². The minimum Gasteiger partial charge on any atom is -0.494 e. The second-order valence-electron chi connectivity index (χ2n) is 5.82. The molecule has 3 nitrogen and oxygen atoms in total. The van der Waals surface area contributed by atoms with Crippen molar-refractivity contribution < 1.29 is 4.74 Å². The van der Waals surface area contributed by atoms with E-state index >= 15 is 0 Å². The highest BCUT2D eigenvalue weighted by Crippen LogP contribution is 2.18. The Morgan fingerprint density at radius 2 is 1.80 bits per heavy atom. The smallest absolute Gasteiger partial charge is 0.120 e. The Labute approximate surface area is 154 Å². The van der Waals surface area contributed by atoms with Crippen molar-refractivity contribution in [2.75, 3.05) is 13.2 Å². The number of aromatic nitrogens is 1. The maximum Gasteiger partial charge on any atom is 0.120 e. The molecule has 1 aromatic heterocycles. The highest BCUT2D eigenvalue weighted by atomic mass is 32.1. The first-order chi connectivity index (χ1) is 12.3. The summed E-state index contributed by atoms with van der Waals surface area (Å²) in [5.74, 6) is 0.868. The van der Waals surface area contributed by atoms with E-state index in [2.05, 4.69) is 41.1 Å². The molecule has 0 atom stereocenters. The van der Waals surface area contributed by atoms with Crippen LogP contribution in [-0.4, -0.2) is 18.1 Å². The molecule has 2 aromatic carbocycles. The second kappa shape index (κ2) is 9.25. The maximum atomic E-state index is 5.71. The zero-order valence-corrected chi connectivity index (χ0v) is 15.0. The predicted octanol–water partition coefficient (Wildman–Crippen LogP) is 4.60. The van der Waals surface area contributed by atoms with Gasteiger partial charge < -0.3 is 10.1 Å². The molecule has 128 valence electrons. The van der Waals surface area contributed by atoms with Crippen molar-refractivity contribution in [3.63, 3.8) is 0 Å². The van der Waals surface area contributed by atoms with Crippen molar-refractivity contribution >= 4 is 12.6 Å². The average Bonchev–Trinajstić information content (AvgIpc) is 2.66. The van der Waals surface area contributed by atoms with Crippen LogP contribution in [-0.2, 0) is 6.54 Å². The van der Waals surface area contributed by atoms with Gasteiger partial charge in [0, 0.05) is 29.4 Å². The molecule has 3 aromatic rings. The molecule has 0 bridgehead atoms.